The zero-order chi connectivity index (χ0) is 18.7. The molecule has 1 fully saturated rings. The van der Waals surface area contributed by atoms with Gasteiger partial charge < -0.3 is 9.84 Å². The van der Waals surface area contributed by atoms with Crippen molar-refractivity contribution < 1.29 is 19.4 Å². The van der Waals surface area contributed by atoms with Crippen molar-refractivity contribution >= 4 is 11.8 Å². The lowest BCUT2D eigenvalue weighted by Crippen LogP contribution is -2.49. The Bertz CT molecular complexity index is 807. The molecule has 0 radical (unpaired) electrons. The van der Waals surface area contributed by atoms with E-state index in [0.29, 0.717) is 24.4 Å². The number of hydrogen-bond donors (Lipinski definition) is 1. The molecular formula is C21H23NO4. The average molecular weight is 353 g/mol. The Morgan fingerprint density at radius 1 is 1.08 bits per heavy atom. The molecule has 3 rings (SSSR count). The maximum absolute atomic E-state index is 12.2. The van der Waals surface area contributed by atoms with Gasteiger partial charge in [0, 0.05) is 25.2 Å². The van der Waals surface area contributed by atoms with E-state index in [4.69, 9.17) is 9.84 Å². The van der Waals surface area contributed by atoms with Crippen molar-refractivity contribution in [1.82, 2.24) is 4.90 Å². The smallest absolute Gasteiger partial charge is 0.309 e. The Labute approximate surface area is 153 Å². The zero-order valence-corrected chi connectivity index (χ0v) is 15.1. The second kappa shape index (κ2) is 7.70. The maximum atomic E-state index is 12.2. The van der Waals surface area contributed by atoms with Gasteiger partial charge in [0.2, 0.25) is 0 Å². The summed E-state index contributed by atoms with van der Waals surface area (Å²) in [5.41, 5.74) is 4.02. The molecule has 1 aliphatic rings. The number of carboxylic acids is 1. The number of ether oxygens (including phenoxy) is 1. The summed E-state index contributed by atoms with van der Waals surface area (Å²) in [5.74, 6) is -0.358. The molecule has 1 saturated heterocycles. The van der Waals surface area contributed by atoms with Crippen molar-refractivity contribution in [3.8, 4) is 5.75 Å². The largest absolute Gasteiger partial charge is 0.485 e. The van der Waals surface area contributed by atoms with E-state index >= 15 is 0 Å². The highest BCUT2D eigenvalue weighted by Gasteiger charge is 2.32. The monoisotopic (exact) mass is 353 g/mol. The molecule has 2 aromatic rings. The molecule has 26 heavy (non-hydrogen) atoms. The third-order valence-electron chi connectivity index (χ3n) is 4.83. The van der Waals surface area contributed by atoms with E-state index < -0.39 is 5.97 Å². The van der Waals surface area contributed by atoms with Gasteiger partial charge >= 0.3 is 5.97 Å². The number of hydrogen-bond acceptors (Lipinski definition) is 4. The lowest BCUT2D eigenvalue weighted by Gasteiger charge is -2.36. The number of rotatable bonds is 7. The summed E-state index contributed by atoms with van der Waals surface area (Å²) in [6.07, 6.45) is 0. The van der Waals surface area contributed by atoms with Crippen LogP contribution in [0.1, 0.15) is 27.0 Å². The fraction of sp³-hybridized carbons (Fsp3) is 0.333. The topological polar surface area (TPSA) is 66.8 Å². The summed E-state index contributed by atoms with van der Waals surface area (Å²) < 4.78 is 5.60. The molecule has 0 aliphatic carbocycles. The van der Waals surface area contributed by atoms with Crippen LogP contribution in [0, 0.1) is 19.8 Å². The molecular weight excluding hydrogens is 330 g/mol. The number of benzene rings is 2. The van der Waals surface area contributed by atoms with E-state index in [9.17, 15) is 9.59 Å². The van der Waals surface area contributed by atoms with Gasteiger partial charge in [0.25, 0.3) is 0 Å². The number of aryl methyl sites for hydroxylation is 2. The Kier molecular flexibility index (Phi) is 5.38. The number of likely N-dealkylation sites (tertiary alicyclic amines) is 1. The molecule has 0 saturated carbocycles. The van der Waals surface area contributed by atoms with Crippen molar-refractivity contribution in [1.29, 1.82) is 0 Å². The summed E-state index contributed by atoms with van der Waals surface area (Å²) in [7, 11) is 0. The Balaban J connectivity index is 1.49. The Morgan fingerprint density at radius 2 is 1.77 bits per heavy atom. The van der Waals surface area contributed by atoms with Gasteiger partial charge in [-0.15, -0.1) is 0 Å². The minimum atomic E-state index is -0.724. The Hall–Kier alpha value is -2.66. The van der Waals surface area contributed by atoms with E-state index in [1.54, 1.807) is 0 Å². The number of carbonyl (C=O) groups is 2. The molecule has 0 aromatic heterocycles. The molecule has 0 atom stereocenters. The number of ketones is 1. The highest BCUT2D eigenvalue weighted by atomic mass is 16.5. The first-order valence-corrected chi connectivity index (χ1v) is 8.70. The second-order valence-corrected chi connectivity index (χ2v) is 6.88. The summed E-state index contributed by atoms with van der Waals surface area (Å²) in [6, 6.07) is 13.3. The minimum Gasteiger partial charge on any atom is -0.485 e. The highest BCUT2D eigenvalue weighted by molar-refractivity contribution is 5.97. The molecule has 1 aliphatic heterocycles. The third-order valence-corrected chi connectivity index (χ3v) is 4.83. The van der Waals surface area contributed by atoms with Crippen LogP contribution < -0.4 is 4.74 Å². The number of Topliss-reactive ketones (excluding diaryl/α,β-unsaturated/α-hetero) is 1. The molecule has 0 amide bonds. The summed E-state index contributed by atoms with van der Waals surface area (Å²) >= 11 is 0. The number of carbonyl (C=O) groups excluding carboxylic acids is 1. The van der Waals surface area contributed by atoms with Crippen LogP contribution in [0.5, 0.6) is 5.75 Å². The third kappa shape index (κ3) is 4.29. The van der Waals surface area contributed by atoms with Gasteiger partial charge in [-0.3, -0.25) is 14.5 Å². The lowest BCUT2D eigenvalue weighted by molar-refractivity contribution is -0.147. The van der Waals surface area contributed by atoms with Crippen LogP contribution in [-0.4, -0.2) is 41.5 Å². The Morgan fingerprint density at radius 3 is 2.38 bits per heavy atom. The lowest BCUT2D eigenvalue weighted by atomic mass is 10.00. The molecule has 1 heterocycles. The number of aliphatic carboxylic acids is 1. The molecule has 0 unspecified atom stereocenters. The van der Waals surface area contributed by atoms with Crippen LogP contribution in [0.2, 0.25) is 0 Å². The first-order valence-electron chi connectivity index (χ1n) is 8.70. The fourth-order valence-corrected chi connectivity index (χ4v) is 2.95. The molecule has 2 aromatic carbocycles. The van der Waals surface area contributed by atoms with E-state index in [0.717, 1.165) is 23.2 Å². The zero-order valence-electron chi connectivity index (χ0n) is 15.1. The van der Waals surface area contributed by atoms with E-state index in [2.05, 4.69) is 4.90 Å². The molecule has 136 valence electrons. The first-order chi connectivity index (χ1) is 12.4. The molecule has 5 heteroatoms. The van der Waals surface area contributed by atoms with E-state index in [1.807, 2.05) is 56.3 Å². The molecule has 0 spiro atoms. The predicted octanol–water partition coefficient (Wildman–Crippen LogP) is 3.08. The number of carboxylic acid groups (broad SMARTS) is 1. The van der Waals surface area contributed by atoms with E-state index in [-0.39, 0.29) is 18.3 Å². The second-order valence-electron chi connectivity index (χ2n) is 6.88. The van der Waals surface area contributed by atoms with Crippen LogP contribution in [-0.2, 0) is 11.3 Å². The molecule has 0 bridgehead atoms. The quantitative estimate of drug-likeness (QED) is 0.775. The van der Waals surface area contributed by atoms with Crippen LogP contribution in [0.3, 0.4) is 0 Å². The van der Waals surface area contributed by atoms with Gasteiger partial charge in [-0.2, -0.15) is 0 Å². The van der Waals surface area contributed by atoms with Gasteiger partial charge in [0.15, 0.2) is 12.4 Å². The minimum absolute atomic E-state index is 0.00820. The van der Waals surface area contributed by atoms with Gasteiger partial charge in [0.05, 0.1) is 5.92 Å². The molecule has 5 nitrogen and oxygen atoms in total. The first kappa shape index (κ1) is 18.1. The van der Waals surface area contributed by atoms with E-state index in [1.165, 1.54) is 0 Å². The van der Waals surface area contributed by atoms with Crippen LogP contribution in [0.15, 0.2) is 42.5 Å². The fourth-order valence-electron chi connectivity index (χ4n) is 2.95. The maximum Gasteiger partial charge on any atom is 0.309 e. The van der Waals surface area contributed by atoms with Crippen LogP contribution >= 0.6 is 0 Å². The average Bonchev–Trinajstić information content (AvgIpc) is 2.58. The van der Waals surface area contributed by atoms with Gasteiger partial charge in [-0.1, -0.05) is 24.3 Å². The predicted molar refractivity (Wildman–Crippen MR) is 98.6 cm³/mol. The van der Waals surface area contributed by atoms with Gasteiger partial charge in [0.1, 0.15) is 5.75 Å². The number of nitrogens with zero attached hydrogens (tertiary/aromatic N) is 1. The van der Waals surface area contributed by atoms with Gasteiger partial charge in [-0.05, 0) is 48.7 Å². The van der Waals surface area contributed by atoms with Crippen molar-refractivity contribution in [3.63, 3.8) is 0 Å². The molecule has 1 N–H and O–H groups in total. The van der Waals surface area contributed by atoms with Crippen LogP contribution in [0.4, 0.5) is 0 Å². The standard InChI is InChI=1S/C21H23NO4/c1-14-3-6-17(9-15(14)2)20(23)13-26-19-7-4-16(5-8-19)10-22-11-18(12-22)21(24)25/h3-9,18H,10-13H2,1-2H3,(H,24,25). The normalized spacial score (nSPS) is 14.7. The van der Waals surface area contributed by atoms with Crippen molar-refractivity contribution in [3.05, 3.63) is 64.7 Å². The summed E-state index contributed by atoms with van der Waals surface area (Å²) in [4.78, 5) is 25.2. The van der Waals surface area contributed by atoms with Crippen molar-refractivity contribution in [2.24, 2.45) is 5.92 Å². The highest BCUT2D eigenvalue weighted by Crippen LogP contribution is 2.20. The summed E-state index contributed by atoms with van der Waals surface area (Å²) in [5, 5.41) is 8.90. The summed E-state index contributed by atoms with van der Waals surface area (Å²) in [6.45, 7) is 5.93. The SMILES string of the molecule is Cc1ccc(C(=O)COc2ccc(CN3CC(C(=O)O)C3)cc2)cc1C. The van der Waals surface area contributed by atoms with Crippen molar-refractivity contribution in [2.45, 2.75) is 20.4 Å². The van der Waals surface area contributed by atoms with Crippen LogP contribution in [0.25, 0.3) is 0 Å². The van der Waals surface area contributed by atoms with Crippen molar-refractivity contribution in [2.75, 3.05) is 19.7 Å². The van der Waals surface area contributed by atoms with Gasteiger partial charge in [-0.25, -0.2) is 0 Å².